The molecule has 2 aromatic rings. The lowest BCUT2D eigenvalue weighted by atomic mass is 10.2. The third-order valence-electron chi connectivity index (χ3n) is 4.45. The Bertz CT molecular complexity index is 848. The van der Waals surface area contributed by atoms with Gasteiger partial charge in [0, 0.05) is 30.4 Å². The van der Waals surface area contributed by atoms with Gasteiger partial charge in [-0.1, -0.05) is 17.8 Å². The molecule has 9 heteroatoms. The van der Waals surface area contributed by atoms with Crippen LogP contribution in [0, 0.1) is 0 Å². The van der Waals surface area contributed by atoms with Gasteiger partial charge in [-0.3, -0.25) is 14.2 Å². The van der Waals surface area contributed by atoms with E-state index in [0.29, 0.717) is 29.3 Å². The molecule has 1 aliphatic heterocycles. The van der Waals surface area contributed by atoms with Crippen LogP contribution < -0.4 is 16.0 Å². The van der Waals surface area contributed by atoms with Gasteiger partial charge in [-0.05, 0) is 37.5 Å². The molecule has 8 nitrogen and oxygen atoms in total. The van der Waals surface area contributed by atoms with Gasteiger partial charge in [0.15, 0.2) is 5.16 Å². The molecular weight excluding hydrogens is 352 g/mol. The van der Waals surface area contributed by atoms with E-state index < -0.39 is 0 Å². The summed E-state index contributed by atoms with van der Waals surface area (Å²) in [6, 6.07) is 7.74. The summed E-state index contributed by atoms with van der Waals surface area (Å²) >= 11 is 1.33. The fourth-order valence-electron chi connectivity index (χ4n) is 3.06. The van der Waals surface area contributed by atoms with Crippen molar-refractivity contribution in [2.75, 3.05) is 28.2 Å². The number of nitrogen functional groups attached to an aromatic ring is 1. The molecule has 0 atom stereocenters. The maximum absolute atomic E-state index is 12.3. The number of carbonyl (C=O) groups excluding carboxylic acids is 2. The van der Waals surface area contributed by atoms with Crippen molar-refractivity contribution >= 4 is 40.9 Å². The Morgan fingerprint density at radius 3 is 2.92 bits per heavy atom. The summed E-state index contributed by atoms with van der Waals surface area (Å²) in [4.78, 5) is 25.9. The molecule has 26 heavy (non-hydrogen) atoms. The standard InChI is InChI=1S/C17H20N6O2S/c18-16-20-21-17(23(16)12-6-7-12)26-10-14(24)19-11-3-1-4-13(9-11)22-8-2-5-15(22)25/h1,3-4,9,12H,2,5-8,10H2,(H2,18,20)(H,19,24). The van der Waals surface area contributed by atoms with Crippen LogP contribution in [0.1, 0.15) is 31.7 Å². The van der Waals surface area contributed by atoms with Crippen molar-refractivity contribution < 1.29 is 9.59 Å². The zero-order chi connectivity index (χ0) is 18.1. The van der Waals surface area contributed by atoms with Gasteiger partial charge < -0.3 is 16.0 Å². The average Bonchev–Trinajstić information content (AvgIpc) is 3.26. The molecule has 0 bridgehead atoms. The van der Waals surface area contributed by atoms with Crippen LogP contribution in [-0.2, 0) is 9.59 Å². The first-order valence-corrected chi connectivity index (χ1v) is 9.64. The first-order chi connectivity index (χ1) is 12.6. The number of nitrogens with zero attached hydrogens (tertiary/aromatic N) is 4. The van der Waals surface area contributed by atoms with Crippen molar-refractivity contribution in [2.24, 2.45) is 0 Å². The summed E-state index contributed by atoms with van der Waals surface area (Å²) < 4.78 is 1.90. The number of anilines is 3. The Morgan fingerprint density at radius 2 is 2.19 bits per heavy atom. The molecule has 0 spiro atoms. The van der Waals surface area contributed by atoms with Crippen LogP contribution in [0.5, 0.6) is 0 Å². The molecule has 1 aromatic carbocycles. The highest BCUT2D eigenvalue weighted by Crippen LogP contribution is 2.39. The van der Waals surface area contributed by atoms with Crippen LogP contribution in [0.15, 0.2) is 29.4 Å². The molecule has 2 amide bonds. The minimum atomic E-state index is -0.135. The van der Waals surface area contributed by atoms with Crippen molar-refractivity contribution in [3.63, 3.8) is 0 Å². The van der Waals surface area contributed by atoms with Crippen LogP contribution in [0.2, 0.25) is 0 Å². The van der Waals surface area contributed by atoms with E-state index in [-0.39, 0.29) is 17.6 Å². The maximum Gasteiger partial charge on any atom is 0.234 e. The van der Waals surface area contributed by atoms with Gasteiger partial charge in [0.05, 0.1) is 5.75 Å². The van der Waals surface area contributed by atoms with E-state index in [0.717, 1.165) is 31.5 Å². The van der Waals surface area contributed by atoms with Crippen LogP contribution in [0.4, 0.5) is 17.3 Å². The summed E-state index contributed by atoms with van der Waals surface area (Å²) in [5.74, 6) is 0.612. The van der Waals surface area contributed by atoms with Crippen molar-refractivity contribution in [3.8, 4) is 0 Å². The number of benzene rings is 1. The first kappa shape index (κ1) is 16.9. The highest BCUT2D eigenvalue weighted by atomic mass is 32.2. The lowest BCUT2D eigenvalue weighted by Gasteiger charge is -2.16. The number of rotatable bonds is 6. The monoisotopic (exact) mass is 372 g/mol. The smallest absolute Gasteiger partial charge is 0.234 e. The molecule has 0 unspecified atom stereocenters. The molecule has 2 heterocycles. The molecule has 2 fully saturated rings. The first-order valence-electron chi connectivity index (χ1n) is 8.65. The number of thioether (sulfide) groups is 1. The fraction of sp³-hybridized carbons (Fsp3) is 0.412. The Hall–Kier alpha value is -2.55. The average molecular weight is 372 g/mol. The molecule has 0 radical (unpaired) electrons. The van der Waals surface area contributed by atoms with E-state index in [2.05, 4.69) is 15.5 Å². The second kappa shape index (κ2) is 6.99. The predicted molar refractivity (Wildman–Crippen MR) is 100 cm³/mol. The zero-order valence-corrected chi connectivity index (χ0v) is 15.0. The van der Waals surface area contributed by atoms with Crippen molar-refractivity contribution in [1.29, 1.82) is 0 Å². The number of aromatic nitrogens is 3. The molecule has 1 aliphatic carbocycles. The lowest BCUT2D eigenvalue weighted by Crippen LogP contribution is -2.23. The Balaban J connectivity index is 1.37. The molecule has 4 rings (SSSR count). The van der Waals surface area contributed by atoms with Gasteiger partial charge in [0.2, 0.25) is 17.8 Å². The van der Waals surface area contributed by atoms with E-state index >= 15 is 0 Å². The van der Waals surface area contributed by atoms with Gasteiger partial charge in [-0.15, -0.1) is 10.2 Å². The number of carbonyl (C=O) groups is 2. The summed E-state index contributed by atoms with van der Waals surface area (Å²) in [6.07, 6.45) is 3.60. The minimum Gasteiger partial charge on any atom is -0.368 e. The van der Waals surface area contributed by atoms with Crippen LogP contribution in [0.3, 0.4) is 0 Å². The summed E-state index contributed by atoms with van der Waals surface area (Å²) in [5.41, 5.74) is 7.34. The summed E-state index contributed by atoms with van der Waals surface area (Å²) in [5, 5.41) is 11.5. The number of nitrogens with two attached hydrogens (primary N) is 1. The van der Waals surface area contributed by atoms with Crippen molar-refractivity contribution in [1.82, 2.24) is 14.8 Å². The van der Waals surface area contributed by atoms with Crippen LogP contribution in [-0.4, -0.2) is 38.9 Å². The van der Waals surface area contributed by atoms with Gasteiger partial charge in [-0.25, -0.2) is 0 Å². The Kier molecular flexibility index (Phi) is 4.54. The van der Waals surface area contributed by atoms with Gasteiger partial charge in [0.25, 0.3) is 0 Å². The van der Waals surface area contributed by atoms with Crippen molar-refractivity contribution in [2.45, 2.75) is 36.9 Å². The Labute approximate surface area is 155 Å². The Morgan fingerprint density at radius 1 is 1.35 bits per heavy atom. The largest absolute Gasteiger partial charge is 0.368 e. The topological polar surface area (TPSA) is 106 Å². The molecule has 136 valence electrons. The van der Waals surface area contributed by atoms with E-state index in [1.54, 1.807) is 4.90 Å². The van der Waals surface area contributed by atoms with E-state index in [9.17, 15) is 9.59 Å². The maximum atomic E-state index is 12.3. The lowest BCUT2D eigenvalue weighted by molar-refractivity contribution is -0.117. The second-order valence-corrected chi connectivity index (χ2v) is 7.42. The quantitative estimate of drug-likeness (QED) is 0.752. The van der Waals surface area contributed by atoms with Gasteiger partial charge in [-0.2, -0.15) is 0 Å². The van der Waals surface area contributed by atoms with Crippen molar-refractivity contribution in [3.05, 3.63) is 24.3 Å². The third kappa shape index (κ3) is 3.52. The summed E-state index contributed by atoms with van der Waals surface area (Å²) in [7, 11) is 0. The predicted octanol–water partition coefficient (Wildman–Crippen LogP) is 2.05. The van der Waals surface area contributed by atoms with Crippen LogP contribution >= 0.6 is 11.8 Å². The van der Waals surface area contributed by atoms with E-state index in [4.69, 9.17) is 5.73 Å². The number of hydrogen-bond donors (Lipinski definition) is 2. The van der Waals surface area contributed by atoms with Crippen LogP contribution in [0.25, 0.3) is 0 Å². The second-order valence-electron chi connectivity index (χ2n) is 6.48. The zero-order valence-electron chi connectivity index (χ0n) is 14.2. The third-order valence-corrected chi connectivity index (χ3v) is 5.39. The highest BCUT2D eigenvalue weighted by molar-refractivity contribution is 7.99. The molecule has 3 N–H and O–H groups in total. The normalized spacial score (nSPS) is 16.9. The van der Waals surface area contributed by atoms with Gasteiger partial charge in [0.1, 0.15) is 0 Å². The van der Waals surface area contributed by atoms with Gasteiger partial charge >= 0.3 is 0 Å². The molecule has 1 saturated heterocycles. The minimum absolute atomic E-state index is 0.126. The number of amides is 2. The summed E-state index contributed by atoms with van der Waals surface area (Å²) in [6.45, 7) is 0.727. The van der Waals surface area contributed by atoms with E-state index in [1.165, 1.54) is 11.8 Å². The number of nitrogens with one attached hydrogen (secondary N) is 1. The SMILES string of the molecule is Nc1nnc(SCC(=O)Nc2cccc(N3CCCC3=O)c2)n1C1CC1. The molecule has 1 aromatic heterocycles. The number of hydrogen-bond acceptors (Lipinski definition) is 6. The molecular formula is C17H20N6O2S. The molecule has 1 saturated carbocycles. The fourth-order valence-corrected chi connectivity index (χ4v) is 3.88. The highest BCUT2D eigenvalue weighted by Gasteiger charge is 2.29. The van der Waals surface area contributed by atoms with E-state index in [1.807, 2.05) is 28.8 Å². The molecule has 2 aliphatic rings.